The zero-order valence-electron chi connectivity index (χ0n) is 11.0. The SMILES string of the molecule is COCCNCC1CCOC1c1ccc(Cl)c(Cl)c1. The van der Waals surface area contributed by atoms with Gasteiger partial charge in [0, 0.05) is 32.7 Å². The lowest BCUT2D eigenvalue weighted by Gasteiger charge is -2.19. The summed E-state index contributed by atoms with van der Waals surface area (Å²) in [5.41, 5.74) is 1.10. The maximum absolute atomic E-state index is 6.07. The van der Waals surface area contributed by atoms with Crippen molar-refractivity contribution in [2.24, 2.45) is 5.92 Å². The predicted molar refractivity (Wildman–Crippen MR) is 78.0 cm³/mol. The third kappa shape index (κ3) is 4.07. The lowest BCUT2D eigenvalue weighted by molar-refractivity contribution is 0.0899. The summed E-state index contributed by atoms with van der Waals surface area (Å²) in [7, 11) is 1.71. The fourth-order valence-corrected chi connectivity index (χ4v) is 2.67. The highest BCUT2D eigenvalue weighted by Gasteiger charge is 2.29. The summed E-state index contributed by atoms with van der Waals surface area (Å²) in [5.74, 6) is 0.467. The Kier molecular flexibility index (Phi) is 5.92. The lowest BCUT2D eigenvalue weighted by Crippen LogP contribution is -2.27. The monoisotopic (exact) mass is 303 g/mol. The van der Waals surface area contributed by atoms with E-state index in [1.807, 2.05) is 18.2 Å². The van der Waals surface area contributed by atoms with Crippen molar-refractivity contribution in [3.63, 3.8) is 0 Å². The van der Waals surface area contributed by atoms with E-state index in [9.17, 15) is 0 Å². The Balaban J connectivity index is 1.95. The minimum Gasteiger partial charge on any atom is -0.383 e. The molecule has 0 aliphatic carbocycles. The number of ether oxygens (including phenoxy) is 2. The summed E-state index contributed by atoms with van der Waals surface area (Å²) < 4.78 is 10.9. The molecule has 5 heteroatoms. The van der Waals surface area contributed by atoms with Gasteiger partial charge in [-0.2, -0.15) is 0 Å². The zero-order valence-corrected chi connectivity index (χ0v) is 12.5. The van der Waals surface area contributed by atoms with Gasteiger partial charge in [-0.05, 0) is 24.1 Å². The first-order valence-corrected chi connectivity index (χ1v) is 7.24. The third-order valence-corrected chi connectivity index (χ3v) is 4.11. The van der Waals surface area contributed by atoms with Crippen LogP contribution >= 0.6 is 23.2 Å². The van der Waals surface area contributed by atoms with Crippen molar-refractivity contribution in [2.45, 2.75) is 12.5 Å². The van der Waals surface area contributed by atoms with Gasteiger partial charge < -0.3 is 14.8 Å². The standard InChI is InChI=1S/C14H19Cl2NO2/c1-18-7-5-17-9-11-4-6-19-14(11)10-2-3-12(15)13(16)8-10/h2-3,8,11,14,17H,4-7,9H2,1H3. The van der Waals surface area contributed by atoms with E-state index in [-0.39, 0.29) is 6.10 Å². The molecule has 106 valence electrons. The van der Waals surface area contributed by atoms with Crippen molar-refractivity contribution in [1.82, 2.24) is 5.32 Å². The first-order valence-electron chi connectivity index (χ1n) is 6.48. The number of methoxy groups -OCH3 is 1. The summed E-state index contributed by atoms with van der Waals surface area (Å²) in [6.07, 6.45) is 1.16. The number of nitrogens with one attached hydrogen (secondary N) is 1. The van der Waals surface area contributed by atoms with Gasteiger partial charge >= 0.3 is 0 Å². The second-order valence-electron chi connectivity index (χ2n) is 4.71. The van der Waals surface area contributed by atoms with Crippen molar-refractivity contribution < 1.29 is 9.47 Å². The van der Waals surface area contributed by atoms with Gasteiger partial charge in [0.25, 0.3) is 0 Å². The summed E-state index contributed by atoms with van der Waals surface area (Å²) in [4.78, 5) is 0. The summed E-state index contributed by atoms with van der Waals surface area (Å²) in [6.45, 7) is 3.31. The van der Waals surface area contributed by atoms with Gasteiger partial charge in [-0.25, -0.2) is 0 Å². The van der Waals surface area contributed by atoms with Gasteiger partial charge in [0.1, 0.15) is 0 Å². The maximum Gasteiger partial charge on any atom is 0.0866 e. The molecule has 1 heterocycles. The van der Waals surface area contributed by atoms with Crippen LogP contribution in [0.2, 0.25) is 10.0 Å². The second kappa shape index (κ2) is 7.46. The molecular formula is C14H19Cl2NO2. The molecule has 19 heavy (non-hydrogen) atoms. The van der Waals surface area contributed by atoms with E-state index in [1.165, 1.54) is 0 Å². The molecule has 0 radical (unpaired) electrons. The van der Waals surface area contributed by atoms with E-state index < -0.39 is 0 Å². The van der Waals surface area contributed by atoms with Crippen LogP contribution < -0.4 is 5.32 Å². The van der Waals surface area contributed by atoms with E-state index in [0.717, 1.165) is 38.3 Å². The number of benzene rings is 1. The van der Waals surface area contributed by atoms with Gasteiger partial charge in [0.15, 0.2) is 0 Å². The van der Waals surface area contributed by atoms with Crippen LogP contribution in [0, 0.1) is 5.92 Å². The van der Waals surface area contributed by atoms with Crippen molar-refractivity contribution in [3.05, 3.63) is 33.8 Å². The normalized spacial score (nSPS) is 22.9. The molecule has 2 unspecified atom stereocenters. The van der Waals surface area contributed by atoms with E-state index in [0.29, 0.717) is 16.0 Å². The van der Waals surface area contributed by atoms with Crippen LogP contribution in [-0.4, -0.2) is 33.4 Å². The van der Waals surface area contributed by atoms with E-state index >= 15 is 0 Å². The van der Waals surface area contributed by atoms with Crippen molar-refractivity contribution >= 4 is 23.2 Å². The first kappa shape index (κ1) is 15.1. The van der Waals surface area contributed by atoms with Crippen LogP contribution in [0.3, 0.4) is 0 Å². The molecular weight excluding hydrogens is 285 g/mol. The molecule has 1 saturated heterocycles. The highest BCUT2D eigenvalue weighted by atomic mass is 35.5. The van der Waals surface area contributed by atoms with Crippen LogP contribution in [0.4, 0.5) is 0 Å². The fourth-order valence-electron chi connectivity index (χ4n) is 2.36. The molecule has 0 aromatic heterocycles. The molecule has 3 nitrogen and oxygen atoms in total. The molecule has 2 atom stereocenters. The van der Waals surface area contributed by atoms with Crippen LogP contribution in [0.5, 0.6) is 0 Å². The Morgan fingerprint density at radius 3 is 2.95 bits per heavy atom. The molecule has 1 fully saturated rings. The van der Waals surface area contributed by atoms with E-state index in [2.05, 4.69) is 5.32 Å². The predicted octanol–water partition coefficient (Wildman–Crippen LogP) is 3.31. The zero-order chi connectivity index (χ0) is 13.7. The molecule has 1 aromatic carbocycles. The van der Waals surface area contributed by atoms with E-state index in [4.69, 9.17) is 32.7 Å². The average Bonchev–Trinajstić information content (AvgIpc) is 2.86. The average molecular weight is 304 g/mol. The Labute approximate surface area is 124 Å². The van der Waals surface area contributed by atoms with Gasteiger partial charge in [0.2, 0.25) is 0 Å². The number of halogens is 2. The Hall–Kier alpha value is -0.320. The van der Waals surface area contributed by atoms with Crippen molar-refractivity contribution in [3.8, 4) is 0 Å². The molecule has 1 aliphatic rings. The summed E-state index contributed by atoms with van der Waals surface area (Å²) >= 11 is 12.0. The van der Waals surface area contributed by atoms with Crippen molar-refractivity contribution in [2.75, 3.05) is 33.4 Å². The summed E-state index contributed by atoms with van der Waals surface area (Å²) in [6, 6.07) is 5.73. The quantitative estimate of drug-likeness (QED) is 0.818. The molecule has 0 saturated carbocycles. The van der Waals surface area contributed by atoms with Crippen molar-refractivity contribution in [1.29, 1.82) is 0 Å². The third-order valence-electron chi connectivity index (χ3n) is 3.38. The minimum atomic E-state index is 0.102. The van der Waals surface area contributed by atoms with Gasteiger partial charge in [-0.3, -0.25) is 0 Å². The van der Waals surface area contributed by atoms with Crippen LogP contribution in [0.1, 0.15) is 18.1 Å². The van der Waals surface area contributed by atoms with E-state index in [1.54, 1.807) is 7.11 Å². The van der Waals surface area contributed by atoms with Gasteiger partial charge in [0.05, 0.1) is 22.8 Å². The largest absolute Gasteiger partial charge is 0.383 e. The Morgan fingerprint density at radius 1 is 1.37 bits per heavy atom. The smallest absolute Gasteiger partial charge is 0.0866 e. The Morgan fingerprint density at radius 2 is 2.21 bits per heavy atom. The number of hydrogen-bond acceptors (Lipinski definition) is 3. The fraction of sp³-hybridized carbons (Fsp3) is 0.571. The van der Waals surface area contributed by atoms with Crippen LogP contribution in [0.25, 0.3) is 0 Å². The number of hydrogen-bond donors (Lipinski definition) is 1. The van der Waals surface area contributed by atoms with Gasteiger partial charge in [-0.1, -0.05) is 29.3 Å². The molecule has 1 aliphatic heterocycles. The summed E-state index contributed by atoms with van der Waals surface area (Å²) in [5, 5.41) is 4.56. The molecule has 2 rings (SSSR count). The molecule has 0 spiro atoms. The minimum absolute atomic E-state index is 0.102. The molecule has 0 amide bonds. The molecule has 1 N–H and O–H groups in total. The molecule has 0 bridgehead atoms. The highest BCUT2D eigenvalue weighted by molar-refractivity contribution is 6.42. The lowest BCUT2D eigenvalue weighted by atomic mass is 9.95. The highest BCUT2D eigenvalue weighted by Crippen LogP contribution is 2.36. The Bertz CT molecular complexity index is 414. The number of rotatable bonds is 6. The maximum atomic E-state index is 6.07. The van der Waals surface area contributed by atoms with Crippen LogP contribution in [0.15, 0.2) is 18.2 Å². The second-order valence-corrected chi connectivity index (χ2v) is 5.53. The first-order chi connectivity index (χ1) is 9.22. The van der Waals surface area contributed by atoms with Crippen LogP contribution in [-0.2, 0) is 9.47 Å². The molecule has 1 aromatic rings. The topological polar surface area (TPSA) is 30.5 Å². The van der Waals surface area contributed by atoms with Gasteiger partial charge in [-0.15, -0.1) is 0 Å².